The first-order valence-electron chi connectivity index (χ1n) is 10.4. The number of halogens is 3. The summed E-state index contributed by atoms with van der Waals surface area (Å²) in [7, 11) is 0. The van der Waals surface area contributed by atoms with Crippen molar-refractivity contribution < 1.29 is 27.2 Å². The van der Waals surface area contributed by atoms with Gasteiger partial charge in [0.2, 0.25) is 5.88 Å². The standard InChI is InChI=1S/C21H21F3N6O3/c1-12-6-7-15(19-26-13(2)29-33-19)18(25-12)20(31)30-10-4-3-5-14(30)11-32-17-9-8-16(27-28-17)21(22,23)24/h6-9,14H,3-5,10-11H2,1-2H3. The topological polar surface area (TPSA) is 107 Å². The molecule has 1 aliphatic rings. The molecule has 3 aromatic rings. The third-order valence-electron chi connectivity index (χ3n) is 5.24. The molecule has 12 heteroatoms. The molecule has 1 unspecified atom stereocenters. The number of alkyl halides is 3. The van der Waals surface area contributed by atoms with E-state index in [4.69, 9.17) is 9.26 Å². The van der Waals surface area contributed by atoms with Crippen LogP contribution in [0.15, 0.2) is 28.8 Å². The van der Waals surface area contributed by atoms with Gasteiger partial charge in [-0.2, -0.15) is 18.2 Å². The number of carbonyl (C=O) groups is 1. The van der Waals surface area contributed by atoms with Crippen LogP contribution in [-0.4, -0.2) is 55.3 Å². The fourth-order valence-corrected chi connectivity index (χ4v) is 3.61. The van der Waals surface area contributed by atoms with Crippen molar-refractivity contribution in [2.24, 2.45) is 0 Å². The number of likely N-dealkylation sites (tertiary alicyclic amines) is 1. The molecule has 0 spiro atoms. The quantitative estimate of drug-likeness (QED) is 0.566. The Morgan fingerprint density at radius 1 is 1.15 bits per heavy atom. The van der Waals surface area contributed by atoms with Crippen molar-refractivity contribution in [2.45, 2.75) is 45.3 Å². The number of aromatic nitrogens is 5. The van der Waals surface area contributed by atoms with Crippen LogP contribution in [0.3, 0.4) is 0 Å². The zero-order valence-corrected chi connectivity index (χ0v) is 18.0. The molecule has 1 aliphatic heterocycles. The second kappa shape index (κ2) is 9.12. The van der Waals surface area contributed by atoms with Gasteiger partial charge < -0.3 is 14.2 Å². The van der Waals surface area contributed by atoms with Crippen molar-refractivity contribution in [3.05, 3.63) is 47.2 Å². The van der Waals surface area contributed by atoms with Gasteiger partial charge in [-0.05, 0) is 51.3 Å². The molecule has 3 aromatic heterocycles. The number of aryl methyl sites for hydroxylation is 2. The van der Waals surface area contributed by atoms with Crippen LogP contribution < -0.4 is 4.74 Å². The summed E-state index contributed by atoms with van der Waals surface area (Å²) >= 11 is 0. The Morgan fingerprint density at radius 2 is 1.97 bits per heavy atom. The third-order valence-corrected chi connectivity index (χ3v) is 5.24. The lowest BCUT2D eigenvalue weighted by Gasteiger charge is -2.35. The van der Waals surface area contributed by atoms with Crippen LogP contribution in [0, 0.1) is 13.8 Å². The highest BCUT2D eigenvalue weighted by molar-refractivity contribution is 5.98. The summed E-state index contributed by atoms with van der Waals surface area (Å²) in [4.78, 5) is 23.8. The Hall–Kier alpha value is -3.57. The lowest BCUT2D eigenvalue weighted by molar-refractivity contribution is -0.141. The van der Waals surface area contributed by atoms with Gasteiger partial charge in [-0.3, -0.25) is 4.79 Å². The molecule has 1 saturated heterocycles. The number of nitrogens with zero attached hydrogens (tertiary/aromatic N) is 6. The van der Waals surface area contributed by atoms with Crippen LogP contribution in [0.4, 0.5) is 13.2 Å². The molecular formula is C21H21F3N6O3. The van der Waals surface area contributed by atoms with E-state index in [0.717, 1.165) is 25.0 Å². The van der Waals surface area contributed by atoms with E-state index in [1.165, 1.54) is 0 Å². The Kier molecular flexibility index (Phi) is 6.25. The van der Waals surface area contributed by atoms with Crippen LogP contribution in [0.2, 0.25) is 0 Å². The molecular weight excluding hydrogens is 441 g/mol. The molecule has 9 nitrogen and oxygen atoms in total. The van der Waals surface area contributed by atoms with Gasteiger partial charge in [0.05, 0.1) is 11.6 Å². The number of rotatable bonds is 5. The lowest BCUT2D eigenvalue weighted by atomic mass is 10.0. The Balaban J connectivity index is 1.53. The third kappa shape index (κ3) is 5.10. The van der Waals surface area contributed by atoms with Crippen LogP contribution in [0.25, 0.3) is 11.5 Å². The van der Waals surface area contributed by atoms with Crippen molar-refractivity contribution >= 4 is 5.91 Å². The average Bonchev–Trinajstić information content (AvgIpc) is 3.23. The summed E-state index contributed by atoms with van der Waals surface area (Å²) in [5.74, 6) is 0.284. The largest absolute Gasteiger partial charge is 0.474 e. The Morgan fingerprint density at radius 3 is 2.64 bits per heavy atom. The smallest absolute Gasteiger partial charge is 0.435 e. The summed E-state index contributed by atoms with van der Waals surface area (Å²) in [6.07, 6.45) is -2.22. The predicted molar refractivity (Wildman–Crippen MR) is 108 cm³/mol. The van der Waals surface area contributed by atoms with Gasteiger partial charge >= 0.3 is 6.18 Å². The van der Waals surface area contributed by atoms with Crippen LogP contribution in [0.5, 0.6) is 5.88 Å². The highest BCUT2D eigenvalue weighted by atomic mass is 19.4. The molecule has 174 valence electrons. The van der Waals surface area contributed by atoms with Crippen molar-refractivity contribution in [3.8, 4) is 17.3 Å². The van der Waals surface area contributed by atoms with Crippen molar-refractivity contribution in [3.63, 3.8) is 0 Å². The maximum atomic E-state index is 13.5. The minimum absolute atomic E-state index is 0.0447. The average molecular weight is 462 g/mol. The Bertz CT molecular complexity index is 1130. The fourth-order valence-electron chi connectivity index (χ4n) is 3.61. The van der Waals surface area contributed by atoms with Gasteiger partial charge in [-0.15, -0.1) is 10.2 Å². The maximum absolute atomic E-state index is 13.5. The molecule has 1 atom stereocenters. The number of piperidine rings is 1. The molecule has 0 aliphatic carbocycles. The van der Waals surface area contributed by atoms with E-state index in [1.54, 1.807) is 30.9 Å². The normalized spacial score (nSPS) is 16.6. The zero-order chi connectivity index (χ0) is 23.6. The highest BCUT2D eigenvalue weighted by Crippen LogP contribution is 2.28. The first kappa shape index (κ1) is 22.6. The van der Waals surface area contributed by atoms with E-state index in [2.05, 4.69) is 25.3 Å². The highest BCUT2D eigenvalue weighted by Gasteiger charge is 2.34. The first-order chi connectivity index (χ1) is 15.7. The molecule has 1 fully saturated rings. The minimum atomic E-state index is -4.58. The van der Waals surface area contributed by atoms with Gasteiger partial charge in [0.1, 0.15) is 12.3 Å². The van der Waals surface area contributed by atoms with Crippen LogP contribution >= 0.6 is 0 Å². The molecule has 1 amide bonds. The summed E-state index contributed by atoms with van der Waals surface area (Å²) < 4.78 is 48.8. The van der Waals surface area contributed by atoms with Crippen molar-refractivity contribution in [1.29, 1.82) is 0 Å². The second-order valence-corrected chi connectivity index (χ2v) is 7.71. The molecule has 0 aromatic carbocycles. The molecule has 0 N–H and O–H groups in total. The summed E-state index contributed by atoms with van der Waals surface area (Å²) in [5.41, 5.74) is 0.187. The molecule has 0 saturated carbocycles. The number of carbonyl (C=O) groups excluding carboxylic acids is 1. The lowest BCUT2D eigenvalue weighted by Crippen LogP contribution is -2.47. The first-order valence-corrected chi connectivity index (χ1v) is 10.4. The summed E-state index contributed by atoms with van der Waals surface area (Å²) in [5, 5.41) is 10.4. The molecule has 0 bridgehead atoms. The molecule has 4 heterocycles. The number of pyridine rings is 1. The van der Waals surface area contributed by atoms with Crippen molar-refractivity contribution in [1.82, 2.24) is 30.2 Å². The maximum Gasteiger partial charge on any atom is 0.435 e. The summed E-state index contributed by atoms with van der Waals surface area (Å²) in [6, 6.07) is 5.08. The fraction of sp³-hybridized carbons (Fsp3) is 0.429. The van der Waals surface area contributed by atoms with Crippen LogP contribution in [-0.2, 0) is 6.18 Å². The molecule has 33 heavy (non-hydrogen) atoms. The minimum Gasteiger partial charge on any atom is -0.474 e. The number of ether oxygens (including phenoxy) is 1. The molecule has 0 radical (unpaired) electrons. The van der Waals surface area contributed by atoms with Gasteiger partial charge in [-0.1, -0.05) is 5.16 Å². The van der Waals surface area contributed by atoms with E-state index in [0.29, 0.717) is 30.0 Å². The number of amides is 1. The van der Waals surface area contributed by atoms with Gasteiger partial charge in [0.15, 0.2) is 11.5 Å². The predicted octanol–water partition coefficient (Wildman–Crippen LogP) is 3.63. The van der Waals surface area contributed by atoms with E-state index in [9.17, 15) is 18.0 Å². The Labute approximate surface area is 187 Å². The number of hydrogen-bond donors (Lipinski definition) is 0. The zero-order valence-electron chi connectivity index (χ0n) is 18.0. The summed E-state index contributed by atoms with van der Waals surface area (Å²) in [6.45, 7) is 4.01. The van der Waals surface area contributed by atoms with E-state index >= 15 is 0 Å². The van der Waals surface area contributed by atoms with Gasteiger partial charge in [-0.25, -0.2) is 4.98 Å². The van der Waals surface area contributed by atoms with Crippen molar-refractivity contribution in [2.75, 3.05) is 13.2 Å². The van der Waals surface area contributed by atoms with E-state index < -0.39 is 11.9 Å². The number of hydrogen-bond acceptors (Lipinski definition) is 8. The van der Waals surface area contributed by atoms with Gasteiger partial charge in [0.25, 0.3) is 11.8 Å². The van der Waals surface area contributed by atoms with E-state index in [1.807, 2.05) is 0 Å². The van der Waals surface area contributed by atoms with E-state index in [-0.39, 0.29) is 36.0 Å². The SMILES string of the molecule is Cc1ccc(-c2nc(C)no2)c(C(=O)N2CCCCC2COc2ccc(C(F)(F)F)nn2)n1. The molecule has 4 rings (SSSR count). The van der Waals surface area contributed by atoms with Gasteiger partial charge in [0, 0.05) is 18.3 Å². The monoisotopic (exact) mass is 462 g/mol. The second-order valence-electron chi connectivity index (χ2n) is 7.71. The van der Waals surface area contributed by atoms with Crippen LogP contribution in [0.1, 0.15) is 47.0 Å².